The lowest BCUT2D eigenvalue weighted by atomic mass is 9.98. The van der Waals surface area contributed by atoms with E-state index in [1.54, 1.807) is 0 Å². The fourth-order valence-electron chi connectivity index (χ4n) is 1.70. The predicted molar refractivity (Wildman–Crippen MR) is 64.2 cm³/mol. The molecule has 0 saturated carbocycles. The second kappa shape index (κ2) is 5.45. The van der Waals surface area contributed by atoms with Gasteiger partial charge in [0.2, 0.25) is 0 Å². The largest absolute Gasteiger partial charge is 0.508 e. The maximum atomic E-state index is 13.6. The highest BCUT2D eigenvalue weighted by molar-refractivity contribution is 5.85. The van der Waals surface area contributed by atoms with Gasteiger partial charge in [0, 0.05) is 17.7 Å². The highest BCUT2D eigenvalue weighted by Crippen LogP contribution is 2.39. The van der Waals surface area contributed by atoms with Gasteiger partial charge in [-0.15, -0.1) is 12.4 Å². The van der Waals surface area contributed by atoms with Gasteiger partial charge in [-0.3, -0.25) is 10.1 Å². The number of amides is 1. The van der Waals surface area contributed by atoms with E-state index < -0.39 is 46.6 Å². The SMILES string of the molecule is Cl.O=C1N[C@H](c2cc([N+](=O)[O-])ccc2O)C(F)(F)CO1. The zero-order chi connectivity index (χ0) is 14.2. The summed E-state index contributed by atoms with van der Waals surface area (Å²) >= 11 is 0. The molecule has 0 bridgehead atoms. The summed E-state index contributed by atoms with van der Waals surface area (Å²) in [5.41, 5.74) is -0.903. The molecule has 1 aromatic rings. The molecule has 10 heteroatoms. The van der Waals surface area contributed by atoms with E-state index in [-0.39, 0.29) is 12.4 Å². The van der Waals surface area contributed by atoms with Crippen LogP contribution in [0.15, 0.2) is 18.2 Å². The van der Waals surface area contributed by atoms with Crippen molar-refractivity contribution in [1.29, 1.82) is 0 Å². The van der Waals surface area contributed by atoms with Gasteiger partial charge < -0.3 is 15.2 Å². The summed E-state index contributed by atoms with van der Waals surface area (Å²) in [6.07, 6.45) is -1.08. The van der Waals surface area contributed by atoms with Crippen molar-refractivity contribution >= 4 is 24.2 Å². The number of ether oxygens (including phenoxy) is 1. The van der Waals surface area contributed by atoms with Crippen LogP contribution >= 0.6 is 12.4 Å². The van der Waals surface area contributed by atoms with E-state index in [1.807, 2.05) is 5.32 Å². The van der Waals surface area contributed by atoms with Crippen molar-refractivity contribution in [2.75, 3.05) is 6.61 Å². The molecule has 0 radical (unpaired) electrons. The Morgan fingerprint density at radius 2 is 2.15 bits per heavy atom. The number of nitro benzene ring substituents is 1. The van der Waals surface area contributed by atoms with E-state index in [2.05, 4.69) is 4.74 Å². The highest BCUT2D eigenvalue weighted by Gasteiger charge is 2.48. The number of alkyl carbamates (subject to hydrolysis) is 1. The summed E-state index contributed by atoms with van der Waals surface area (Å²) in [7, 11) is 0. The van der Waals surface area contributed by atoms with E-state index in [4.69, 9.17) is 0 Å². The van der Waals surface area contributed by atoms with Crippen molar-refractivity contribution in [2.24, 2.45) is 0 Å². The van der Waals surface area contributed by atoms with Gasteiger partial charge in [-0.1, -0.05) is 0 Å². The first-order valence-electron chi connectivity index (χ1n) is 5.09. The molecule has 1 aliphatic rings. The van der Waals surface area contributed by atoms with Crippen molar-refractivity contribution < 1.29 is 28.3 Å². The van der Waals surface area contributed by atoms with Gasteiger partial charge in [-0.25, -0.2) is 13.6 Å². The number of nitrogens with zero attached hydrogens (tertiary/aromatic N) is 1. The Kier molecular flexibility index (Phi) is 4.33. The van der Waals surface area contributed by atoms with Crippen LogP contribution in [0, 0.1) is 10.1 Å². The summed E-state index contributed by atoms with van der Waals surface area (Å²) in [5, 5.41) is 22.0. The molecule has 110 valence electrons. The smallest absolute Gasteiger partial charge is 0.408 e. The van der Waals surface area contributed by atoms with E-state index >= 15 is 0 Å². The van der Waals surface area contributed by atoms with Crippen molar-refractivity contribution in [1.82, 2.24) is 5.32 Å². The number of hydrogen-bond acceptors (Lipinski definition) is 5. The summed E-state index contributed by atoms with van der Waals surface area (Å²) in [4.78, 5) is 20.8. The number of carbonyl (C=O) groups is 1. The van der Waals surface area contributed by atoms with Crippen LogP contribution in [0.5, 0.6) is 5.75 Å². The number of benzene rings is 1. The first kappa shape index (κ1) is 15.9. The average molecular weight is 311 g/mol. The Hall–Kier alpha value is -2.16. The minimum absolute atomic E-state index is 0. The highest BCUT2D eigenvalue weighted by atomic mass is 35.5. The number of cyclic esters (lactones) is 1. The molecule has 0 unspecified atom stereocenters. The van der Waals surface area contributed by atoms with Crippen molar-refractivity contribution in [3.63, 3.8) is 0 Å². The molecular weight excluding hydrogens is 302 g/mol. The lowest BCUT2D eigenvalue weighted by Crippen LogP contribution is -2.49. The number of nitro groups is 1. The number of alkyl halides is 2. The average Bonchev–Trinajstić information content (AvgIpc) is 2.33. The number of nitrogens with one attached hydrogen (secondary N) is 1. The number of hydrogen-bond donors (Lipinski definition) is 2. The predicted octanol–water partition coefficient (Wildman–Crippen LogP) is 2.14. The molecule has 0 spiro atoms. The fourth-order valence-corrected chi connectivity index (χ4v) is 1.70. The van der Waals surface area contributed by atoms with E-state index in [0.29, 0.717) is 0 Å². The fraction of sp³-hybridized carbons (Fsp3) is 0.300. The van der Waals surface area contributed by atoms with Gasteiger partial charge in [0.15, 0.2) is 6.61 Å². The van der Waals surface area contributed by atoms with Crippen LogP contribution in [-0.4, -0.2) is 28.7 Å². The van der Waals surface area contributed by atoms with Crippen LogP contribution in [0.4, 0.5) is 19.3 Å². The van der Waals surface area contributed by atoms with Gasteiger partial charge >= 0.3 is 12.0 Å². The molecule has 1 heterocycles. The van der Waals surface area contributed by atoms with E-state index in [1.165, 1.54) is 0 Å². The normalized spacial score (nSPS) is 20.3. The van der Waals surface area contributed by atoms with Crippen LogP contribution in [-0.2, 0) is 4.74 Å². The quantitative estimate of drug-likeness (QED) is 0.643. The Morgan fingerprint density at radius 3 is 2.75 bits per heavy atom. The Balaban J connectivity index is 0.00000200. The number of aromatic hydroxyl groups is 1. The second-order valence-corrected chi connectivity index (χ2v) is 3.91. The molecule has 2 N–H and O–H groups in total. The molecule has 1 aliphatic heterocycles. The number of rotatable bonds is 2. The number of phenols is 1. The molecule has 20 heavy (non-hydrogen) atoms. The second-order valence-electron chi connectivity index (χ2n) is 3.91. The van der Waals surface area contributed by atoms with Crippen molar-refractivity contribution in [3.05, 3.63) is 33.9 Å². The monoisotopic (exact) mass is 310 g/mol. The van der Waals surface area contributed by atoms with Gasteiger partial charge in [0.1, 0.15) is 11.8 Å². The Bertz CT molecular complexity index is 554. The van der Waals surface area contributed by atoms with Crippen molar-refractivity contribution in [3.8, 4) is 5.75 Å². The van der Waals surface area contributed by atoms with Crippen molar-refractivity contribution in [2.45, 2.75) is 12.0 Å². The third-order valence-electron chi connectivity index (χ3n) is 2.61. The minimum atomic E-state index is -3.49. The van der Waals surface area contributed by atoms with Gasteiger partial charge in [0.05, 0.1) is 4.92 Å². The molecule has 7 nitrogen and oxygen atoms in total. The number of phenolic OH excluding ortho intramolecular Hbond substituents is 1. The molecule has 0 aromatic heterocycles. The Labute approximate surface area is 117 Å². The molecule has 1 atom stereocenters. The molecule has 1 saturated heterocycles. The molecule has 1 amide bonds. The molecule has 1 aromatic carbocycles. The molecule has 1 fully saturated rings. The van der Waals surface area contributed by atoms with Gasteiger partial charge in [0.25, 0.3) is 5.69 Å². The van der Waals surface area contributed by atoms with E-state index in [0.717, 1.165) is 18.2 Å². The van der Waals surface area contributed by atoms with Gasteiger partial charge in [-0.2, -0.15) is 0 Å². The van der Waals surface area contributed by atoms with Crippen LogP contribution in [0.25, 0.3) is 0 Å². The van der Waals surface area contributed by atoms with Crippen LogP contribution in [0.2, 0.25) is 0 Å². The summed E-state index contributed by atoms with van der Waals surface area (Å²) in [6, 6.07) is 0.802. The third kappa shape index (κ3) is 2.87. The maximum absolute atomic E-state index is 13.6. The minimum Gasteiger partial charge on any atom is -0.508 e. The van der Waals surface area contributed by atoms with E-state index in [9.17, 15) is 28.8 Å². The molecule has 0 aliphatic carbocycles. The first-order valence-corrected chi connectivity index (χ1v) is 5.09. The van der Waals surface area contributed by atoms with Crippen LogP contribution in [0.3, 0.4) is 0 Å². The maximum Gasteiger partial charge on any atom is 0.408 e. The first-order chi connectivity index (χ1) is 8.81. The topological polar surface area (TPSA) is 102 Å². The zero-order valence-corrected chi connectivity index (χ0v) is 10.5. The Morgan fingerprint density at radius 1 is 1.50 bits per heavy atom. The molecular formula is C10H9ClF2N2O5. The summed E-state index contributed by atoms with van der Waals surface area (Å²) < 4.78 is 31.4. The standard InChI is InChI=1S/C10H8F2N2O5.ClH/c11-10(12)4-19-9(16)13-8(10)6-3-5(14(17)18)1-2-7(6)15;/h1-3,8,15H,4H2,(H,13,16);1H/t8-;/m1./s1. The van der Waals surface area contributed by atoms with Gasteiger partial charge in [-0.05, 0) is 6.07 Å². The van der Waals surface area contributed by atoms with Crippen LogP contribution in [0.1, 0.15) is 11.6 Å². The third-order valence-corrected chi connectivity index (χ3v) is 2.61. The van der Waals surface area contributed by atoms with Crippen LogP contribution < -0.4 is 5.32 Å². The summed E-state index contributed by atoms with van der Waals surface area (Å²) in [5.74, 6) is -4.06. The lowest BCUT2D eigenvalue weighted by Gasteiger charge is -2.31. The summed E-state index contributed by atoms with van der Waals surface area (Å²) in [6.45, 7) is -1.16. The lowest BCUT2D eigenvalue weighted by molar-refractivity contribution is -0.385. The number of halogens is 3. The number of carbonyl (C=O) groups excluding carboxylic acids is 1. The number of non-ortho nitro benzene ring substituents is 1. The zero-order valence-electron chi connectivity index (χ0n) is 9.71. The molecule has 2 rings (SSSR count).